The van der Waals surface area contributed by atoms with Crippen LogP contribution in [0.2, 0.25) is 0 Å². The van der Waals surface area contributed by atoms with Gasteiger partial charge in [0.2, 0.25) is 5.95 Å². The molecule has 0 unspecified atom stereocenters. The fourth-order valence-corrected chi connectivity index (χ4v) is 2.46. The Hall–Kier alpha value is -3.42. The van der Waals surface area contributed by atoms with Crippen LogP contribution < -0.4 is 20.1 Å². The summed E-state index contributed by atoms with van der Waals surface area (Å²) in [7, 11) is 3.18. The lowest BCUT2D eigenvalue weighted by atomic mass is 10.2. The number of rotatable bonds is 8. The number of nitrogens with zero attached hydrogens (tertiary/aromatic N) is 3. The van der Waals surface area contributed by atoms with Crippen molar-refractivity contribution in [3.63, 3.8) is 0 Å². The Labute approximate surface area is 156 Å². The molecule has 3 rings (SSSR count). The van der Waals surface area contributed by atoms with Crippen LogP contribution in [-0.4, -0.2) is 29.4 Å². The molecule has 2 aromatic carbocycles. The topological polar surface area (TPSA) is 81.2 Å². The second-order valence-electron chi connectivity index (χ2n) is 5.65. The number of anilines is 2. The zero-order valence-corrected chi connectivity index (χ0v) is 15.1. The molecule has 0 saturated carbocycles. The first kappa shape index (κ1) is 18.4. The summed E-state index contributed by atoms with van der Waals surface area (Å²) < 4.78 is 24.2. The van der Waals surface area contributed by atoms with Gasteiger partial charge in [-0.1, -0.05) is 24.3 Å². The van der Waals surface area contributed by atoms with Crippen molar-refractivity contribution in [3.05, 3.63) is 65.6 Å². The molecule has 140 valence electrons. The monoisotopic (exact) mass is 369 g/mol. The van der Waals surface area contributed by atoms with Gasteiger partial charge in [-0.15, -0.1) is 5.10 Å². The molecular weight excluding hydrogens is 349 g/mol. The molecule has 7 nitrogen and oxygen atoms in total. The molecule has 1 heterocycles. The molecule has 1 aromatic heterocycles. The molecule has 0 bridgehead atoms. The van der Waals surface area contributed by atoms with Gasteiger partial charge in [-0.05, 0) is 23.8 Å². The number of hydrogen-bond acceptors (Lipinski definition) is 7. The first-order chi connectivity index (χ1) is 13.2. The van der Waals surface area contributed by atoms with E-state index in [1.165, 1.54) is 12.3 Å². The maximum Gasteiger partial charge on any atom is 0.244 e. The van der Waals surface area contributed by atoms with Gasteiger partial charge in [0, 0.05) is 18.7 Å². The van der Waals surface area contributed by atoms with Crippen molar-refractivity contribution in [2.75, 3.05) is 24.9 Å². The van der Waals surface area contributed by atoms with Crippen molar-refractivity contribution in [3.8, 4) is 11.5 Å². The minimum absolute atomic E-state index is 0.265. The number of methoxy groups -OCH3 is 2. The summed E-state index contributed by atoms with van der Waals surface area (Å²) in [6, 6.07) is 12.2. The first-order valence-electron chi connectivity index (χ1n) is 8.31. The molecule has 8 heteroatoms. The molecule has 27 heavy (non-hydrogen) atoms. The zero-order valence-electron chi connectivity index (χ0n) is 15.1. The van der Waals surface area contributed by atoms with Crippen LogP contribution in [0.15, 0.2) is 48.7 Å². The zero-order chi connectivity index (χ0) is 19.1. The summed E-state index contributed by atoms with van der Waals surface area (Å²) in [5, 5.41) is 14.0. The second-order valence-corrected chi connectivity index (χ2v) is 5.65. The van der Waals surface area contributed by atoms with E-state index in [4.69, 9.17) is 9.47 Å². The molecule has 3 aromatic rings. The van der Waals surface area contributed by atoms with Crippen molar-refractivity contribution >= 4 is 11.8 Å². The first-order valence-corrected chi connectivity index (χ1v) is 8.31. The number of benzene rings is 2. The molecule has 0 aliphatic carbocycles. The molecule has 2 N–H and O–H groups in total. The third kappa shape index (κ3) is 4.81. The molecule has 0 amide bonds. The summed E-state index contributed by atoms with van der Waals surface area (Å²) in [4.78, 5) is 4.33. The fourth-order valence-electron chi connectivity index (χ4n) is 2.46. The average molecular weight is 369 g/mol. The lowest BCUT2D eigenvalue weighted by Gasteiger charge is -2.11. The van der Waals surface area contributed by atoms with Gasteiger partial charge in [-0.25, -0.2) is 4.39 Å². The van der Waals surface area contributed by atoms with Gasteiger partial charge >= 0.3 is 0 Å². The molecular formula is C19H20FN5O2. The largest absolute Gasteiger partial charge is 0.493 e. The summed E-state index contributed by atoms with van der Waals surface area (Å²) in [5.74, 6) is 1.92. The van der Waals surface area contributed by atoms with Crippen LogP contribution in [-0.2, 0) is 13.1 Å². The van der Waals surface area contributed by atoms with Crippen molar-refractivity contribution in [2.24, 2.45) is 0 Å². The van der Waals surface area contributed by atoms with Gasteiger partial charge in [-0.3, -0.25) is 0 Å². The molecule has 0 radical (unpaired) electrons. The Morgan fingerprint density at radius 2 is 1.78 bits per heavy atom. The van der Waals surface area contributed by atoms with Gasteiger partial charge in [-0.2, -0.15) is 10.1 Å². The summed E-state index contributed by atoms with van der Waals surface area (Å²) in [5.41, 5.74) is 1.52. The van der Waals surface area contributed by atoms with E-state index in [1.54, 1.807) is 32.4 Å². The van der Waals surface area contributed by atoms with Crippen LogP contribution in [0, 0.1) is 5.82 Å². The van der Waals surface area contributed by atoms with Crippen LogP contribution in [0.1, 0.15) is 11.1 Å². The fraction of sp³-hybridized carbons (Fsp3) is 0.211. The smallest absolute Gasteiger partial charge is 0.244 e. The van der Waals surface area contributed by atoms with Crippen molar-refractivity contribution in [1.29, 1.82) is 0 Å². The van der Waals surface area contributed by atoms with E-state index in [0.717, 1.165) is 5.56 Å². The van der Waals surface area contributed by atoms with E-state index < -0.39 is 0 Å². The molecule has 0 aliphatic rings. The molecule has 0 fully saturated rings. The number of ether oxygens (including phenoxy) is 2. The van der Waals surface area contributed by atoms with E-state index in [1.807, 2.05) is 18.2 Å². The normalized spacial score (nSPS) is 10.3. The highest BCUT2D eigenvalue weighted by atomic mass is 19.1. The number of hydrogen-bond donors (Lipinski definition) is 2. The molecule has 0 spiro atoms. The van der Waals surface area contributed by atoms with Crippen molar-refractivity contribution < 1.29 is 13.9 Å². The highest BCUT2D eigenvalue weighted by Crippen LogP contribution is 2.27. The number of aromatic nitrogens is 3. The molecule has 0 aliphatic heterocycles. The van der Waals surface area contributed by atoms with Crippen LogP contribution in [0.25, 0.3) is 0 Å². The van der Waals surface area contributed by atoms with E-state index in [9.17, 15) is 4.39 Å². The van der Waals surface area contributed by atoms with Gasteiger partial charge < -0.3 is 20.1 Å². The Kier molecular flexibility index (Phi) is 5.98. The van der Waals surface area contributed by atoms with Gasteiger partial charge in [0.1, 0.15) is 5.82 Å². The minimum atomic E-state index is -0.265. The molecule has 0 atom stereocenters. The Bertz CT molecular complexity index is 907. The third-order valence-corrected chi connectivity index (χ3v) is 3.88. The standard InChI is InChI=1S/C19H20FN5O2/c1-26-16-8-7-13(9-17(16)27-2)10-22-19-24-18(12-23-25-19)21-11-14-5-3-4-6-15(14)20/h3-9,12H,10-11H2,1-2H3,(H2,21,22,24,25). The van der Waals surface area contributed by atoms with E-state index >= 15 is 0 Å². The highest BCUT2D eigenvalue weighted by molar-refractivity contribution is 5.44. The molecule has 0 saturated heterocycles. The quantitative estimate of drug-likeness (QED) is 0.631. The van der Waals surface area contributed by atoms with Crippen LogP contribution >= 0.6 is 0 Å². The Morgan fingerprint density at radius 3 is 2.56 bits per heavy atom. The predicted octanol–water partition coefficient (Wildman–Crippen LogP) is 3.25. The average Bonchev–Trinajstić information content (AvgIpc) is 2.71. The maximum atomic E-state index is 13.7. The minimum Gasteiger partial charge on any atom is -0.493 e. The summed E-state index contributed by atoms with van der Waals surface area (Å²) in [6.07, 6.45) is 1.49. The maximum absolute atomic E-state index is 13.7. The number of nitrogens with one attached hydrogen (secondary N) is 2. The van der Waals surface area contributed by atoms with Crippen molar-refractivity contribution in [2.45, 2.75) is 13.1 Å². The van der Waals surface area contributed by atoms with E-state index in [-0.39, 0.29) is 5.82 Å². The van der Waals surface area contributed by atoms with Crippen LogP contribution in [0.5, 0.6) is 11.5 Å². The van der Waals surface area contributed by atoms with E-state index in [0.29, 0.717) is 41.9 Å². The van der Waals surface area contributed by atoms with Crippen LogP contribution in [0.3, 0.4) is 0 Å². The van der Waals surface area contributed by atoms with Gasteiger partial charge in [0.05, 0.1) is 20.4 Å². The second kappa shape index (κ2) is 8.79. The summed E-state index contributed by atoms with van der Waals surface area (Å²) >= 11 is 0. The van der Waals surface area contributed by atoms with Crippen molar-refractivity contribution in [1.82, 2.24) is 15.2 Å². The lowest BCUT2D eigenvalue weighted by molar-refractivity contribution is 0.354. The third-order valence-electron chi connectivity index (χ3n) is 3.88. The highest BCUT2D eigenvalue weighted by Gasteiger charge is 2.06. The van der Waals surface area contributed by atoms with Gasteiger partial charge in [0.15, 0.2) is 17.3 Å². The lowest BCUT2D eigenvalue weighted by Crippen LogP contribution is -2.08. The SMILES string of the molecule is COc1ccc(CNc2nncc(NCc3ccccc3F)n2)cc1OC. The Balaban J connectivity index is 1.61. The van der Waals surface area contributed by atoms with Crippen LogP contribution in [0.4, 0.5) is 16.2 Å². The van der Waals surface area contributed by atoms with E-state index in [2.05, 4.69) is 25.8 Å². The summed E-state index contributed by atoms with van der Waals surface area (Å²) in [6.45, 7) is 0.791. The Morgan fingerprint density at radius 1 is 0.963 bits per heavy atom. The van der Waals surface area contributed by atoms with Gasteiger partial charge in [0.25, 0.3) is 0 Å². The predicted molar refractivity (Wildman–Crippen MR) is 100 cm³/mol. The number of halogens is 1.